The van der Waals surface area contributed by atoms with Crippen molar-refractivity contribution >= 4 is 17.7 Å². The Bertz CT molecular complexity index is 637. The zero-order valence-corrected chi connectivity index (χ0v) is 14.5. The van der Waals surface area contributed by atoms with E-state index in [4.69, 9.17) is 9.84 Å². The van der Waals surface area contributed by atoms with Gasteiger partial charge >= 0.3 is 12.0 Å². The van der Waals surface area contributed by atoms with E-state index >= 15 is 0 Å². The number of nitrogens with zero attached hydrogens (tertiary/aromatic N) is 2. The number of ether oxygens (including phenoxy) is 1. The third-order valence-corrected chi connectivity index (χ3v) is 5.07. The molecule has 0 bridgehead atoms. The number of carbonyl (C=O) groups excluding carboxylic acids is 1. The summed E-state index contributed by atoms with van der Waals surface area (Å²) >= 11 is 0. The van der Waals surface area contributed by atoms with Crippen LogP contribution in [0.25, 0.3) is 0 Å². The van der Waals surface area contributed by atoms with E-state index in [1.165, 1.54) is 0 Å². The summed E-state index contributed by atoms with van der Waals surface area (Å²) in [5.74, 6) is -0.00916. The molecule has 0 aliphatic carbocycles. The first-order valence-corrected chi connectivity index (χ1v) is 8.71. The molecule has 2 fully saturated rings. The van der Waals surface area contributed by atoms with Crippen molar-refractivity contribution in [1.82, 2.24) is 10.2 Å². The van der Waals surface area contributed by atoms with Gasteiger partial charge in [0.15, 0.2) is 0 Å². The van der Waals surface area contributed by atoms with Gasteiger partial charge in [-0.1, -0.05) is 6.07 Å². The lowest BCUT2D eigenvalue weighted by Gasteiger charge is -2.21. The fourth-order valence-corrected chi connectivity index (χ4v) is 3.53. The Kier molecular flexibility index (Phi) is 5.31. The number of hydrogen-bond donors (Lipinski definition) is 2. The molecule has 2 amide bonds. The van der Waals surface area contributed by atoms with Gasteiger partial charge in [0.05, 0.1) is 13.0 Å². The maximum atomic E-state index is 12.2. The van der Waals surface area contributed by atoms with E-state index in [0.717, 1.165) is 30.9 Å². The van der Waals surface area contributed by atoms with Crippen LogP contribution in [0.2, 0.25) is 0 Å². The van der Waals surface area contributed by atoms with Crippen molar-refractivity contribution in [2.24, 2.45) is 11.8 Å². The molecule has 2 aliphatic rings. The van der Waals surface area contributed by atoms with Gasteiger partial charge in [-0.25, -0.2) is 4.79 Å². The number of rotatable bonds is 5. The summed E-state index contributed by atoms with van der Waals surface area (Å²) in [4.78, 5) is 27.1. The molecule has 3 rings (SSSR count). The number of nitrogens with one attached hydrogen (secondary N) is 1. The second kappa shape index (κ2) is 7.63. The summed E-state index contributed by atoms with van der Waals surface area (Å²) in [6, 6.07) is 7.85. The smallest absolute Gasteiger partial charge is 0.317 e. The van der Waals surface area contributed by atoms with Crippen molar-refractivity contribution in [3.05, 3.63) is 24.3 Å². The van der Waals surface area contributed by atoms with Gasteiger partial charge in [-0.3, -0.25) is 4.79 Å². The monoisotopic (exact) mass is 347 g/mol. The number of likely N-dealkylation sites (tertiary alicyclic amines) is 1. The van der Waals surface area contributed by atoms with Gasteiger partial charge in [0.1, 0.15) is 5.75 Å². The minimum absolute atomic E-state index is 0.149. The number of amides is 2. The number of carboxylic acids is 1. The Morgan fingerprint density at radius 2 is 2.12 bits per heavy atom. The Hall–Kier alpha value is -2.44. The Morgan fingerprint density at radius 1 is 1.28 bits per heavy atom. The number of benzene rings is 1. The van der Waals surface area contributed by atoms with E-state index in [2.05, 4.69) is 16.3 Å². The van der Waals surface area contributed by atoms with Crippen molar-refractivity contribution < 1.29 is 19.4 Å². The van der Waals surface area contributed by atoms with Crippen LogP contribution in [0, 0.1) is 11.8 Å². The predicted octanol–water partition coefficient (Wildman–Crippen LogP) is 1.64. The summed E-state index contributed by atoms with van der Waals surface area (Å²) in [5, 5.41) is 12.0. The molecule has 2 atom stereocenters. The van der Waals surface area contributed by atoms with Gasteiger partial charge < -0.3 is 25.0 Å². The number of methoxy groups -OCH3 is 1. The van der Waals surface area contributed by atoms with E-state index in [0.29, 0.717) is 32.0 Å². The molecule has 2 saturated heterocycles. The van der Waals surface area contributed by atoms with Crippen LogP contribution in [-0.4, -0.2) is 61.8 Å². The highest BCUT2D eigenvalue weighted by Gasteiger charge is 2.31. The summed E-state index contributed by atoms with van der Waals surface area (Å²) in [7, 11) is 1.66. The molecule has 2 heterocycles. The zero-order valence-electron chi connectivity index (χ0n) is 14.5. The van der Waals surface area contributed by atoms with E-state index in [9.17, 15) is 9.59 Å². The van der Waals surface area contributed by atoms with E-state index in [-0.39, 0.29) is 6.03 Å². The van der Waals surface area contributed by atoms with Crippen LogP contribution in [-0.2, 0) is 4.79 Å². The summed E-state index contributed by atoms with van der Waals surface area (Å²) in [6.07, 6.45) is 1.56. The number of aliphatic carboxylic acids is 1. The molecule has 7 nitrogen and oxygen atoms in total. The zero-order chi connectivity index (χ0) is 17.8. The van der Waals surface area contributed by atoms with Gasteiger partial charge in [-0.05, 0) is 30.9 Å². The lowest BCUT2D eigenvalue weighted by atomic mass is 10.1. The number of urea groups is 1. The number of carboxylic acid groups (broad SMARTS) is 1. The lowest BCUT2D eigenvalue weighted by Crippen LogP contribution is -2.41. The average molecular weight is 347 g/mol. The first-order valence-electron chi connectivity index (χ1n) is 8.71. The van der Waals surface area contributed by atoms with Gasteiger partial charge in [0.25, 0.3) is 0 Å². The molecule has 2 aliphatic heterocycles. The van der Waals surface area contributed by atoms with Gasteiger partial charge in [0, 0.05) is 44.5 Å². The third-order valence-electron chi connectivity index (χ3n) is 5.07. The second-order valence-corrected chi connectivity index (χ2v) is 6.76. The van der Waals surface area contributed by atoms with Crippen molar-refractivity contribution in [2.75, 3.05) is 44.7 Å². The highest BCUT2D eigenvalue weighted by Crippen LogP contribution is 2.26. The SMILES string of the molecule is COc1cccc(N2CCC(CNC(=O)N3CCC(C(=O)O)C3)C2)c1. The average Bonchev–Trinajstić information content (AvgIpc) is 3.29. The molecule has 136 valence electrons. The van der Waals surface area contributed by atoms with Crippen LogP contribution in [0.1, 0.15) is 12.8 Å². The predicted molar refractivity (Wildman–Crippen MR) is 94.0 cm³/mol. The van der Waals surface area contributed by atoms with Crippen LogP contribution in [0.15, 0.2) is 24.3 Å². The fourth-order valence-electron chi connectivity index (χ4n) is 3.53. The second-order valence-electron chi connectivity index (χ2n) is 6.76. The van der Waals surface area contributed by atoms with Crippen LogP contribution in [0.5, 0.6) is 5.75 Å². The van der Waals surface area contributed by atoms with E-state index < -0.39 is 11.9 Å². The molecule has 7 heteroatoms. The summed E-state index contributed by atoms with van der Waals surface area (Å²) in [5.41, 5.74) is 1.14. The molecule has 1 aromatic rings. The first-order chi connectivity index (χ1) is 12.1. The molecule has 25 heavy (non-hydrogen) atoms. The third kappa shape index (κ3) is 4.15. The largest absolute Gasteiger partial charge is 0.497 e. The summed E-state index contributed by atoms with van der Waals surface area (Å²) < 4.78 is 5.27. The number of carbonyl (C=O) groups is 2. The fraction of sp³-hybridized carbons (Fsp3) is 0.556. The number of hydrogen-bond acceptors (Lipinski definition) is 4. The minimum Gasteiger partial charge on any atom is -0.497 e. The molecular formula is C18H25N3O4. The Morgan fingerprint density at radius 3 is 2.84 bits per heavy atom. The first kappa shape index (κ1) is 17.4. The Balaban J connectivity index is 1.45. The normalized spacial score (nSPS) is 22.9. The van der Waals surface area contributed by atoms with E-state index in [1.807, 2.05) is 18.2 Å². The van der Waals surface area contributed by atoms with Crippen LogP contribution in [0.3, 0.4) is 0 Å². The molecule has 0 radical (unpaired) electrons. The van der Waals surface area contributed by atoms with Gasteiger partial charge in [0.2, 0.25) is 0 Å². The number of anilines is 1. The molecule has 2 N–H and O–H groups in total. The summed E-state index contributed by atoms with van der Waals surface area (Å²) in [6.45, 7) is 3.29. The van der Waals surface area contributed by atoms with Crippen LogP contribution in [0.4, 0.5) is 10.5 Å². The van der Waals surface area contributed by atoms with Crippen molar-refractivity contribution in [3.63, 3.8) is 0 Å². The molecule has 0 saturated carbocycles. The standard InChI is InChI=1S/C18H25N3O4/c1-25-16-4-2-3-15(9-16)20-7-5-13(11-20)10-19-18(24)21-8-6-14(12-21)17(22)23/h2-4,9,13-14H,5-8,10-12H2,1H3,(H,19,24)(H,22,23). The van der Waals surface area contributed by atoms with E-state index in [1.54, 1.807) is 12.0 Å². The Labute approximate surface area is 147 Å². The molecule has 0 spiro atoms. The van der Waals surface area contributed by atoms with Crippen LogP contribution < -0.4 is 15.0 Å². The molecule has 1 aromatic carbocycles. The minimum atomic E-state index is -0.819. The van der Waals surface area contributed by atoms with Gasteiger partial charge in [-0.2, -0.15) is 0 Å². The topological polar surface area (TPSA) is 82.1 Å². The molecule has 0 aromatic heterocycles. The molecule has 2 unspecified atom stereocenters. The van der Waals surface area contributed by atoms with Crippen molar-refractivity contribution in [2.45, 2.75) is 12.8 Å². The molecular weight excluding hydrogens is 322 g/mol. The quantitative estimate of drug-likeness (QED) is 0.846. The van der Waals surface area contributed by atoms with Crippen molar-refractivity contribution in [3.8, 4) is 5.75 Å². The highest BCUT2D eigenvalue weighted by atomic mass is 16.5. The lowest BCUT2D eigenvalue weighted by molar-refractivity contribution is -0.141. The maximum Gasteiger partial charge on any atom is 0.317 e. The van der Waals surface area contributed by atoms with Crippen molar-refractivity contribution in [1.29, 1.82) is 0 Å². The highest BCUT2D eigenvalue weighted by molar-refractivity contribution is 5.77. The van der Waals surface area contributed by atoms with Crippen LogP contribution >= 0.6 is 0 Å². The van der Waals surface area contributed by atoms with Gasteiger partial charge in [-0.15, -0.1) is 0 Å². The maximum absolute atomic E-state index is 12.2.